The van der Waals surface area contributed by atoms with Gasteiger partial charge in [0.1, 0.15) is 4.58 Å². The Kier molecular flexibility index (Phi) is 2.89. The van der Waals surface area contributed by atoms with E-state index >= 15 is 0 Å². The number of hydrogen-bond donors (Lipinski definition) is 0. The molecule has 1 aliphatic rings. The van der Waals surface area contributed by atoms with Gasteiger partial charge in [-0.15, -0.1) is 23.5 Å². The zero-order chi connectivity index (χ0) is 8.23. The zero-order valence-corrected chi connectivity index (χ0v) is 8.27. The molecule has 0 aliphatic carbocycles. The molecule has 0 bridgehead atoms. The molecule has 0 N–H and O–H groups in total. The fraction of sp³-hybridized carbons (Fsp3) is 0.500. The molecular weight excluding hydrogens is 188 g/mol. The highest BCUT2D eigenvalue weighted by atomic mass is 32.2. The Morgan fingerprint density at radius 3 is 2.50 bits per heavy atom. The summed E-state index contributed by atoms with van der Waals surface area (Å²) in [7, 11) is 0. The number of nitrogens with zero attached hydrogens (tertiary/aromatic N) is 2. The summed E-state index contributed by atoms with van der Waals surface area (Å²) in [5.74, 6) is 3.47. The summed E-state index contributed by atoms with van der Waals surface area (Å²) in [6.45, 7) is 0. The molecule has 1 aliphatic heterocycles. The van der Waals surface area contributed by atoms with Gasteiger partial charge in [0.05, 0.1) is 0 Å². The molecule has 64 valence electrons. The van der Waals surface area contributed by atoms with Crippen LogP contribution in [0.2, 0.25) is 0 Å². The van der Waals surface area contributed by atoms with Gasteiger partial charge in [-0.25, -0.2) is 9.97 Å². The zero-order valence-electron chi connectivity index (χ0n) is 6.64. The van der Waals surface area contributed by atoms with Gasteiger partial charge in [-0.1, -0.05) is 0 Å². The van der Waals surface area contributed by atoms with E-state index in [1.807, 2.05) is 42.0 Å². The molecule has 0 saturated carbocycles. The summed E-state index contributed by atoms with van der Waals surface area (Å²) >= 11 is 3.91. The van der Waals surface area contributed by atoms with E-state index in [-0.39, 0.29) is 0 Å². The van der Waals surface area contributed by atoms with Crippen LogP contribution in [0.25, 0.3) is 0 Å². The Hall–Kier alpha value is -0.220. The average molecular weight is 198 g/mol. The van der Waals surface area contributed by atoms with Crippen LogP contribution >= 0.6 is 23.5 Å². The molecular formula is C8H10N2S2. The van der Waals surface area contributed by atoms with Gasteiger partial charge in [0.15, 0.2) is 5.82 Å². The lowest BCUT2D eigenvalue weighted by atomic mass is 10.6. The molecule has 0 amide bonds. The SMILES string of the molecule is c1cnc(C2SCCCS2)nc1. The van der Waals surface area contributed by atoms with Crippen molar-refractivity contribution in [3.8, 4) is 0 Å². The smallest absolute Gasteiger partial charge is 0.151 e. The third-order valence-corrected chi connectivity index (χ3v) is 4.52. The van der Waals surface area contributed by atoms with Crippen molar-refractivity contribution in [1.82, 2.24) is 9.97 Å². The van der Waals surface area contributed by atoms with E-state index in [9.17, 15) is 0 Å². The van der Waals surface area contributed by atoms with Crippen LogP contribution in [-0.2, 0) is 0 Å². The predicted molar refractivity (Wildman–Crippen MR) is 54.3 cm³/mol. The second-order valence-electron chi connectivity index (χ2n) is 2.53. The van der Waals surface area contributed by atoms with Gasteiger partial charge in [0, 0.05) is 12.4 Å². The highest BCUT2D eigenvalue weighted by Crippen LogP contribution is 2.41. The van der Waals surface area contributed by atoms with Crippen molar-refractivity contribution in [2.24, 2.45) is 0 Å². The van der Waals surface area contributed by atoms with E-state index in [0.717, 1.165) is 5.82 Å². The second kappa shape index (κ2) is 4.14. The Morgan fingerprint density at radius 2 is 1.83 bits per heavy atom. The summed E-state index contributed by atoms with van der Waals surface area (Å²) in [5, 5.41) is 0. The van der Waals surface area contributed by atoms with Crippen LogP contribution in [0, 0.1) is 0 Å². The summed E-state index contributed by atoms with van der Waals surface area (Å²) in [6, 6.07) is 1.86. The molecule has 12 heavy (non-hydrogen) atoms. The maximum atomic E-state index is 4.25. The van der Waals surface area contributed by atoms with Crippen molar-refractivity contribution in [2.75, 3.05) is 11.5 Å². The molecule has 0 aromatic carbocycles. The highest BCUT2D eigenvalue weighted by molar-refractivity contribution is 8.16. The van der Waals surface area contributed by atoms with Gasteiger partial charge < -0.3 is 0 Å². The molecule has 0 unspecified atom stereocenters. The average Bonchev–Trinajstić information content (AvgIpc) is 2.21. The summed E-state index contributed by atoms with van der Waals surface area (Å²) in [6.07, 6.45) is 4.95. The van der Waals surface area contributed by atoms with Crippen molar-refractivity contribution in [3.63, 3.8) is 0 Å². The lowest BCUT2D eigenvalue weighted by Gasteiger charge is -2.18. The monoisotopic (exact) mass is 198 g/mol. The van der Waals surface area contributed by atoms with Crippen LogP contribution in [0.3, 0.4) is 0 Å². The molecule has 1 aromatic heterocycles. The van der Waals surface area contributed by atoms with Gasteiger partial charge in [-0.05, 0) is 24.0 Å². The lowest BCUT2D eigenvalue weighted by molar-refractivity contribution is 1.00. The molecule has 2 nitrogen and oxygen atoms in total. The van der Waals surface area contributed by atoms with Crippen LogP contribution in [0.15, 0.2) is 18.5 Å². The van der Waals surface area contributed by atoms with E-state index in [1.165, 1.54) is 17.9 Å². The van der Waals surface area contributed by atoms with Gasteiger partial charge in [-0.3, -0.25) is 0 Å². The van der Waals surface area contributed by atoms with Crippen molar-refractivity contribution in [1.29, 1.82) is 0 Å². The minimum absolute atomic E-state index is 0.472. The van der Waals surface area contributed by atoms with Crippen LogP contribution in [0.1, 0.15) is 16.8 Å². The molecule has 1 saturated heterocycles. The van der Waals surface area contributed by atoms with Gasteiger partial charge in [0.25, 0.3) is 0 Å². The third kappa shape index (κ3) is 1.93. The Morgan fingerprint density at radius 1 is 1.17 bits per heavy atom. The van der Waals surface area contributed by atoms with Crippen molar-refractivity contribution >= 4 is 23.5 Å². The maximum absolute atomic E-state index is 4.25. The van der Waals surface area contributed by atoms with Crippen molar-refractivity contribution < 1.29 is 0 Å². The molecule has 4 heteroatoms. The highest BCUT2D eigenvalue weighted by Gasteiger charge is 2.18. The molecule has 2 heterocycles. The molecule has 2 rings (SSSR count). The predicted octanol–water partition coefficient (Wildman–Crippen LogP) is 2.35. The first-order valence-corrected chi connectivity index (χ1v) is 6.07. The Balaban J connectivity index is 2.08. The maximum Gasteiger partial charge on any atom is 0.151 e. The molecule has 1 fully saturated rings. The molecule has 0 atom stereocenters. The van der Waals surface area contributed by atoms with E-state index in [4.69, 9.17) is 0 Å². The first kappa shape index (κ1) is 8.38. The second-order valence-corrected chi connectivity index (χ2v) is 5.26. The van der Waals surface area contributed by atoms with E-state index in [2.05, 4.69) is 9.97 Å². The van der Waals surface area contributed by atoms with Crippen molar-refractivity contribution in [2.45, 2.75) is 11.0 Å². The Labute approximate surface area is 80.6 Å². The minimum Gasteiger partial charge on any atom is -0.239 e. The van der Waals surface area contributed by atoms with Crippen LogP contribution < -0.4 is 0 Å². The largest absolute Gasteiger partial charge is 0.239 e. The number of thioether (sulfide) groups is 2. The van der Waals surface area contributed by atoms with E-state index in [0.29, 0.717) is 4.58 Å². The van der Waals surface area contributed by atoms with E-state index < -0.39 is 0 Å². The summed E-state index contributed by atoms with van der Waals surface area (Å²) in [4.78, 5) is 8.50. The summed E-state index contributed by atoms with van der Waals surface area (Å²) < 4.78 is 0.472. The Bertz CT molecular complexity index is 234. The quantitative estimate of drug-likeness (QED) is 0.692. The van der Waals surface area contributed by atoms with Gasteiger partial charge >= 0.3 is 0 Å². The number of hydrogen-bond acceptors (Lipinski definition) is 4. The van der Waals surface area contributed by atoms with E-state index in [1.54, 1.807) is 0 Å². The standard InChI is InChI=1S/C8H10N2S2/c1-3-9-7(10-4-1)8-11-5-2-6-12-8/h1,3-4,8H,2,5-6H2. The lowest BCUT2D eigenvalue weighted by Crippen LogP contribution is -2.03. The summed E-state index contributed by atoms with van der Waals surface area (Å²) in [5.41, 5.74) is 0. The topological polar surface area (TPSA) is 25.8 Å². The third-order valence-electron chi connectivity index (χ3n) is 1.62. The van der Waals surface area contributed by atoms with Crippen LogP contribution in [0.5, 0.6) is 0 Å². The van der Waals surface area contributed by atoms with Gasteiger partial charge in [0.2, 0.25) is 0 Å². The fourth-order valence-electron chi connectivity index (χ4n) is 1.07. The minimum atomic E-state index is 0.472. The van der Waals surface area contributed by atoms with Crippen molar-refractivity contribution in [3.05, 3.63) is 24.3 Å². The van der Waals surface area contributed by atoms with Gasteiger partial charge in [-0.2, -0.15) is 0 Å². The normalized spacial score (nSPS) is 19.3. The first-order valence-electron chi connectivity index (χ1n) is 3.97. The fourth-order valence-corrected chi connectivity index (χ4v) is 3.81. The van der Waals surface area contributed by atoms with Crippen LogP contribution in [-0.4, -0.2) is 21.5 Å². The molecule has 0 radical (unpaired) electrons. The number of aromatic nitrogens is 2. The first-order chi connectivity index (χ1) is 5.97. The number of rotatable bonds is 1. The molecule has 0 spiro atoms. The van der Waals surface area contributed by atoms with Crippen LogP contribution in [0.4, 0.5) is 0 Å². The molecule has 1 aromatic rings.